The van der Waals surface area contributed by atoms with E-state index in [-0.39, 0.29) is 23.5 Å². The third kappa shape index (κ3) is 3.65. The second kappa shape index (κ2) is 7.33. The van der Waals surface area contributed by atoms with Crippen molar-refractivity contribution in [1.29, 1.82) is 0 Å². The molecule has 5 nitrogen and oxygen atoms in total. The lowest BCUT2D eigenvalue weighted by Crippen LogP contribution is -2.24. The van der Waals surface area contributed by atoms with E-state index in [0.717, 1.165) is 9.80 Å². The van der Waals surface area contributed by atoms with Gasteiger partial charge < -0.3 is 5.32 Å². The minimum atomic E-state index is -0.347. The van der Waals surface area contributed by atoms with Crippen LogP contribution in [0.15, 0.2) is 47.4 Å². The van der Waals surface area contributed by atoms with Gasteiger partial charge in [-0.2, -0.15) is 0 Å². The first-order valence-electron chi connectivity index (χ1n) is 8.36. The number of nitrogens with one attached hydrogen (secondary N) is 1. The number of carbonyl (C=O) groups excluding carboxylic acids is 3. The van der Waals surface area contributed by atoms with E-state index in [1.165, 1.54) is 24.4 Å². The van der Waals surface area contributed by atoms with Crippen LogP contribution in [0.2, 0.25) is 0 Å². The summed E-state index contributed by atoms with van der Waals surface area (Å²) in [6, 6.07) is 13.0. The molecule has 0 aliphatic carbocycles. The Morgan fingerprint density at radius 3 is 2.35 bits per heavy atom. The van der Waals surface area contributed by atoms with Crippen LogP contribution in [0.4, 0.5) is 5.69 Å². The van der Waals surface area contributed by atoms with Gasteiger partial charge in [-0.1, -0.05) is 26.0 Å². The molecule has 0 aromatic heterocycles. The summed E-state index contributed by atoms with van der Waals surface area (Å²) >= 11 is 1.45. The molecule has 0 spiro atoms. The molecule has 1 aliphatic rings. The number of amides is 3. The number of hydrogen-bond acceptors (Lipinski definition) is 4. The second-order valence-electron chi connectivity index (χ2n) is 6.49. The Labute approximate surface area is 156 Å². The highest BCUT2D eigenvalue weighted by Gasteiger charge is 2.32. The molecule has 0 radical (unpaired) electrons. The Morgan fingerprint density at radius 1 is 1.04 bits per heavy atom. The fourth-order valence-electron chi connectivity index (χ4n) is 2.73. The van der Waals surface area contributed by atoms with Crippen LogP contribution in [0.25, 0.3) is 0 Å². The highest BCUT2D eigenvalue weighted by atomic mass is 32.2. The minimum Gasteiger partial charge on any atom is -0.325 e. The van der Waals surface area contributed by atoms with Gasteiger partial charge in [-0.15, -0.1) is 11.8 Å². The smallest absolute Gasteiger partial charge is 0.261 e. The van der Waals surface area contributed by atoms with Crippen molar-refractivity contribution < 1.29 is 14.4 Å². The SMILES string of the molecule is CC(C)c1ccc(SCC(=O)Nc2ccc3c(c2)C(=O)N(C)C3=O)cc1. The molecule has 0 saturated carbocycles. The largest absolute Gasteiger partial charge is 0.325 e. The normalized spacial score (nSPS) is 13.3. The molecule has 0 atom stereocenters. The third-order valence-electron chi connectivity index (χ3n) is 4.29. The maximum absolute atomic E-state index is 12.2. The maximum atomic E-state index is 12.2. The van der Waals surface area contributed by atoms with Crippen LogP contribution < -0.4 is 5.32 Å². The van der Waals surface area contributed by atoms with Gasteiger partial charge in [0.2, 0.25) is 5.91 Å². The van der Waals surface area contributed by atoms with Gasteiger partial charge in [0.05, 0.1) is 16.9 Å². The van der Waals surface area contributed by atoms with Crippen molar-refractivity contribution in [3.63, 3.8) is 0 Å². The number of fused-ring (bicyclic) bond motifs is 1. The van der Waals surface area contributed by atoms with E-state index in [1.54, 1.807) is 18.2 Å². The lowest BCUT2D eigenvalue weighted by Gasteiger charge is -2.08. The van der Waals surface area contributed by atoms with Gasteiger partial charge in [0, 0.05) is 17.6 Å². The van der Waals surface area contributed by atoms with Crippen molar-refractivity contribution in [1.82, 2.24) is 4.90 Å². The van der Waals surface area contributed by atoms with E-state index >= 15 is 0 Å². The topological polar surface area (TPSA) is 66.5 Å². The molecule has 0 bridgehead atoms. The molecule has 1 aliphatic heterocycles. The van der Waals surface area contributed by atoms with Crippen LogP contribution in [-0.2, 0) is 4.79 Å². The van der Waals surface area contributed by atoms with E-state index in [4.69, 9.17) is 0 Å². The maximum Gasteiger partial charge on any atom is 0.261 e. The molecule has 3 rings (SSSR count). The van der Waals surface area contributed by atoms with Gasteiger partial charge in [-0.3, -0.25) is 19.3 Å². The molecule has 0 saturated heterocycles. The Balaban J connectivity index is 1.61. The van der Waals surface area contributed by atoms with Crippen molar-refractivity contribution >= 4 is 35.2 Å². The molecular formula is C20H20N2O3S. The van der Waals surface area contributed by atoms with Crippen LogP contribution >= 0.6 is 11.8 Å². The first-order valence-corrected chi connectivity index (χ1v) is 9.34. The molecular weight excluding hydrogens is 348 g/mol. The fraction of sp³-hybridized carbons (Fsp3) is 0.250. The van der Waals surface area contributed by atoms with Gasteiger partial charge in [-0.25, -0.2) is 0 Å². The van der Waals surface area contributed by atoms with E-state index in [1.807, 2.05) is 12.1 Å². The zero-order valence-electron chi connectivity index (χ0n) is 14.9. The molecule has 3 amide bonds. The molecule has 2 aromatic carbocycles. The number of anilines is 1. The van der Waals surface area contributed by atoms with Crippen LogP contribution in [0.5, 0.6) is 0 Å². The molecule has 134 valence electrons. The Bertz CT molecular complexity index is 875. The van der Waals surface area contributed by atoms with Crippen LogP contribution in [0.3, 0.4) is 0 Å². The van der Waals surface area contributed by atoms with Gasteiger partial charge in [0.25, 0.3) is 11.8 Å². The molecule has 1 N–H and O–H groups in total. The first-order chi connectivity index (χ1) is 12.4. The summed E-state index contributed by atoms with van der Waals surface area (Å²) in [5.74, 6) is -0.0759. The monoisotopic (exact) mass is 368 g/mol. The molecule has 26 heavy (non-hydrogen) atoms. The van der Waals surface area contributed by atoms with E-state index < -0.39 is 0 Å². The third-order valence-corrected chi connectivity index (χ3v) is 5.30. The summed E-state index contributed by atoms with van der Waals surface area (Å²) in [7, 11) is 1.45. The van der Waals surface area contributed by atoms with Crippen molar-refractivity contribution in [3.8, 4) is 0 Å². The van der Waals surface area contributed by atoms with Crippen molar-refractivity contribution in [2.75, 3.05) is 18.1 Å². The highest BCUT2D eigenvalue weighted by Crippen LogP contribution is 2.25. The average Bonchev–Trinajstić information content (AvgIpc) is 2.84. The first kappa shape index (κ1) is 18.2. The number of benzene rings is 2. The number of carbonyl (C=O) groups is 3. The van der Waals surface area contributed by atoms with Crippen LogP contribution in [0, 0.1) is 0 Å². The number of imide groups is 1. The Kier molecular flexibility index (Phi) is 5.13. The van der Waals surface area contributed by atoms with Gasteiger partial charge in [-0.05, 0) is 41.8 Å². The Morgan fingerprint density at radius 2 is 1.69 bits per heavy atom. The lowest BCUT2D eigenvalue weighted by molar-refractivity contribution is -0.113. The summed E-state index contributed by atoms with van der Waals surface area (Å²) < 4.78 is 0. The summed E-state index contributed by atoms with van der Waals surface area (Å²) in [4.78, 5) is 38.2. The van der Waals surface area contributed by atoms with Gasteiger partial charge in [0.1, 0.15) is 0 Å². The lowest BCUT2D eigenvalue weighted by atomic mass is 10.0. The number of rotatable bonds is 5. The number of nitrogens with zero attached hydrogens (tertiary/aromatic N) is 1. The molecule has 0 unspecified atom stereocenters. The number of hydrogen-bond donors (Lipinski definition) is 1. The molecule has 6 heteroatoms. The summed E-state index contributed by atoms with van der Waals surface area (Å²) in [6.45, 7) is 4.28. The number of thioether (sulfide) groups is 1. The predicted molar refractivity (Wildman–Crippen MR) is 103 cm³/mol. The van der Waals surface area contributed by atoms with Crippen molar-refractivity contribution in [2.24, 2.45) is 0 Å². The van der Waals surface area contributed by atoms with Gasteiger partial charge in [0.15, 0.2) is 0 Å². The van der Waals surface area contributed by atoms with Crippen LogP contribution in [0.1, 0.15) is 46.0 Å². The molecule has 0 fully saturated rings. The predicted octanol–water partition coefficient (Wildman–Crippen LogP) is 3.77. The fourth-order valence-corrected chi connectivity index (χ4v) is 3.43. The van der Waals surface area contributed by atoms with Crippen LogP contribution in [-0.4, -0.2) is 35.4 Å². The quantitative estimate of drug-likeness (QED) is 0.644. The molecule has 1 heterocycles. The summed E-state index contributed by atoms with van der Waals surface area (Å²) in [5, 5.41) is 2.78. The Hall–Kier alpha value is -2.60. The average molecular weight is 368 g/mol. The van der Waals surface area contributed by atoms with E-state index in [2.05, 4.69) is 31.3 Å². The zero-order chi connectivity index (χ0) is 18.8. The van der Waals surface area contributed by atoms with E-state index in [0.29, 0.717) is 22.7 Å². The minimum absolute atomic E-state index is 0.159. The summed E-state index contributed by atoms with van der Waals surface area (Å²) in [5.41, 5.74) is 2.48. The van der Waals surface area contributed by atoms with Gasteiger partial charge >= 0.3 is 0 Å². The van der Waals surface area contributed by atoms with Crippen molar-refractivity contribution in [2.45, 2.75) is 24.7 Å². The standard InChI is InChI=1S/C20H20N2O3S/c1-12(2)13-4-7-15(8-5-13)26-11-18(23)21-14-6-9-16-17(10-14)20(25)22(3)19(16)24/h4-10,12H,11H2,1-3H3,(H,21,23). The van der Waals surface area contributed by atoms with Crippen molar-refractivity contribution in [3.05, 3.63) is 59.2 Å². The van der Waals surface area contributed by atoms with E-state index in [9.17, 15) is 14.4 Å². The highest BCUT2D eigenvalue weighted by molar-refractivity contribution is 8.00. The molecule has 2 aromatic rings. The summed E-state index contributed by atoms with van der Waals surface area (Å²) in [6.07, 6.45) is 0. The second-order valence-corrected chi connectivity index (χ2v) is 7.54. The zero-order valence-corrected chi connectivity index (χ0v) is 15.7.